The highest BCUT2D eigenvalue weighted by Crippen LogP contribution is 2.34. The van der Waals surface area contributed by atoms with E-state index in [1.54, 1.807) is 23.9 Å². The molecule has 0 saturated heterocycles. The molecular formula is C16H12FN3O2. The van der Waals surface area contributed by atoms with Crippen LogP contribution in [0.3, 0.4) is 0 Å². The Kier molecular flexibility index (Phi) is 3.49. The summed E-state index contributed by atoms with van der Waals surface area (Å²) in [6.07, 6.45) is 3.19. The van der Waals surface area contributed by atoms with Crippen LogP contribution in [-0.2, 0) is 13.7 Å². The van der Waals surface area contributed by atoms with E-state index < -0.39 is 5.82 Å². The Morgan fingerprint density at radius 2 is 2.23 bits per heavy atom. The van der Waals surface area contributed by atoms with Crippen molar-refractivity contribution in [2.24, 2.45) is 7.05 Å². The topological polar surface area (TPSA) is 71.1 Å². The monoisotopic (exact) mass is 297 g/mol. The van der Waals surface area contributed by atoms with Gasteiger partial charge >= 0.3 is 0 Å². The van der Waals surface area contributed by atoms with Gasteiger partial charge in [0.1, 0.15) is 17.5 Å². The molecule has 2 heterocycles. The lowest BCUT2D eigenvalue weighted by atomic mass is 10.1. The average molecular weight is 297 g/mol. The maximum Gasteiger partial charge on any atom is 0.169 e. The first-order chi connectivity index (χ1) is 10.6. The van der Waals surface area contributed by atoms with Crippen molar-refractivity contribution in [2.75, 3.05) is 0 Å². The van der Waals surface area contributed by atoms with E-state index in [0.717, 1.165) is 5.39 Å². The van der Waals surface area contributed by atoms with Gasteiger partial charge in [-0.1, -0.05) is 0 Å². The van der Waals surface area contributed by atoms with Gasteiger partial charge in [0.25, 0.3) is 0 Å². The predicted molar refractivity (Wildman–Crippen MR) is 77.8 cm³/mol. The minimum atomic E-state index is -0.575. The van der Waals surface area contributed by atoms with E-state index in [2.05, 4.69) is 4.98 Å². The van der Waals surface area contributed by atoms with Crippen LogP contribution in [-0.4, -0.2) is 14.7 Å². The van der Waals surface area contributed by atoms with Crippen LogP contribution in [0.25, 0.3) is 10.9 Å². The van der Waals surface area contributed by atoms with Crippen LogP contribution in [0.2, 0.25) is 0 Å². The lowest BCUT2D eigenvalue weighted by Crippen LogP contribution is -1.98. The first-order valence-corrected chi connectivity index (χ1v) is 6.55. The smallest absolute Gasteiger partial charge is 0.169 e. The average Bonchev–Trinajstić information content (AvgIpc) is 2.89. The third kappa shape index (κ3) is 2.28. The first kappa shape index (κ1) is 14.0. The van der Waals surface area contributed by atoms with Gasteiger partial charge in [-0.2, -0.15) is 5.26 Å². The van der Waals surface area contributed by atoms with Gasteiger partial charge in [0, 0.05) is 42.5 Å². The summed E-state index contributed by atoms with van der Waals surface area (Å²) in [5.41, 5.74) is 1.21. The number of halogens is 1. The van der Waals surface area contributed by atoms with Crippen molar-refractivity contribution in [2.45, 2.75) is 6.61 Å². The molecule has 0 radical (unpaired) electrons. The Morgan fingerprint density at radius 3 is 2.95 bits per heavy atom. The molecule has 110 valence electrons. The number of nitrogens with zero attached hydrogens (tertiary/aromatic N) is 3. The molecule has 1 aromatic carbocycles. The molecule has 3 aromatic rings. The zero-order chi connectivity index (χ0) is 15.7. The molecule has 0 aliphatic heterocycles. The summed E-state index contributed by atoms with van der Waals surface area (Å²) < 4.78 is 21.7. The molecule has 6 heteroatoms. The van der Waals surface area contributed by atoms with Gasteiger partial charge in [-0.15, -0.1) is 0 Å². The lowest BCUT2D eigenvalue weighted by molar-refractivity contribution is 0.276. The number of hydrogen-bond acceptors (Lipinski definition) is 4. The van der Waals surface area contributed by atoms with E-state index in [4.69, 9.17) is 10.00 Å². The summed E-state index contributed by atoms with van der Waals surface area (Å²) in [6, 6.07) is 7.98. The van der Waals surface area contributed by atoms with Crippen LogP contribution in [0.1, 0.15) is 11.3 Å². The number of hydrogen-bond donors (Lipinski definition) is 1. The number of aliphatic hydroxyl groups is 1. The maximum atomic E-state index is 14.4. The molecule has 22 heavy (non-hydrogen) atoms. The van der Waals surface area contributed by atoms with Crippen molar-refractivity contribution in [1.29, 1.82) is 5.26 Å². The number of ether oxygens (including phenoxy) is 1. The van der Waals surface area contributed by atoms with Gasteiger partial charge < -0.3 is 14.4 Å². The van der Waals surface area contributed by atoms with E-state index in [0.29, 0.717) is 11.1 Å². The molecule has 0 bridgehead atoms. The van der Waals surface area contributed by atoms with Crippen LogP contribution in [0, 0.1) is 17.1 Å². The second-order valence-electron chi connectivity index (χ2n) is 4.77. The number of rotatable bonds is 3. The quantitative estimate of drug-likeness (QED) is 0.807. The molecule has 1 N–H and O–H groups in total. The SMILES string of the molecule is Cn1ccc2c(CO)c(Oc3ccnc(C#N)c3)c(F)cc21. The largest absolute Gasteiger partial charge is 0.454 e. The standard InChI is InChI=1S/C16H12FN3O2/c1-20-5-3-12-13(9-21)16(14(17)7-15(12)20)22-11-2-4-19-10(6-11)8-18/h2-7,21H,9H2,1H3. The van der Waals surface area contributed by atoms with Crippen LogP contribution < -0.4 is 4.74 Å². The van der Waals surface area contributed by atoms with E-state index in [1.165, 1.54) is 24.4 Å². The molecule has 0 aliphatic rings. The van der Waals surface area contributed by atoms with Crippen molar-refractivity contribution in [3.05, 3.63) is 53.7 Å². The highest BCUT2D eigenvalue weighted by molar-refractivity contribution is 5.86. The number of aryl methyl sites for hydroxylation is 1. The molecule has 0 fully saturated rings. The van der Waals surface area contributed by atoms with Crippen molar-refractivity contribution in [3.8, 4) is 17.6 Å². The number of fused-ring (bicyclic) bond motifs is 1. The number of aromatic nitrogens is 2. The fourth-order valence-electron chi connectivity index (χ4n) is 2.35. The van der Waals surface area contributed by atoms with Crippen LogP contribution >= 0.6 is 0 Å². The minimum absolute atomic E-state index is 0.0451. The summed E-state index contributed by atoms with van der Waals surface area (Å²) in [4.78, 5) is 3.83. The second kappa shape index (κ2) is 5.47. The maximum absolute atomic E-state index is 14.4. The second-order valence-corrected chi connectivity index (χ2v) is 4.77. The summed E-state index contributed by atoms with van der Waals surface area (Å²) in [5.74, 6) is -0.333. The number of benzene rings is 1. The zero-order valence-electron chi connectivity index (χ0n) is 11.7. The summed E-state index contributed by atoms with van der Waals surface area (Å²) >= 11 is 0. The summed E-state index contributed by atoms with van der Waals surface area (Å²) in [6.45, 7) is -0.357. The highest BCUT2D eigenvalue weighted by atomic mass is 19.1. The van der Waals surface area contributed by atoms with Crippen molar-refractivity contribution >= 4 is 10.9 Å². The van der Waals surface area contributed by atoms with Crippen molar-refractivity contribution < 1.29 is 14.2 Å². The number of aliphatic hydroxyl groups excluding tert-OH is 1. The molecule has 2 aromatic heterocycles. The lowest BCUT2D eigenvalue weighted by Gasteiger charge is -2.12. The summed E-state index contributed by atoms with van der Waals surface area (Å²) in [7, 11) is 1.80. The van der Waals surface area contributed by atoms with E-state index in [-0.39, 0.29) is 23.8 Å². The fraction of sp³-hybridized carbons (Fsp3) is 0.125. The number of nitriles is 1. The Labute approximate surface area is 125 Å². The molecule has 0 unspecified atom stereocenters. The molecule has 0 spiro atoms. The Balaban J connectivity index is 2.13. The van der Waals surface area contributed by atoms with Crippen LogP contribution in [0.15, 0.2) is 36.7 Å². The van der Waals surface area contributed by atoms with Gasteiger partial charge in [-0.05, 0) is 12.1 Å². The predicted octanol–water partition coefficient (Wildman–Crippen LogP) is 2.87. The molecule has 0 saturated carbocycles. The fourth-order valence-corrected chi connectivity index (χ4v) is 2.35. The molecule has 3 rings (SSSR count). The van der Waals surface area contributed by atoms with Crippen LogP contribution in [0.4, 0.5) is 4.39 Å². The summed E-state index contributed by atoms with van der Waals surface area (Å²) in [5, 5.41) is 19.2. The third-order valence-electron chi connectivity index (χ3n) is 3.42. The van der Waals surface area contributed by atoms with E-state index in [1.807, 2.05) is 6.07 Å². The molecular weight excluding hydrogens is 285 g/mol. The Hall–Kier alpha value is -2.91. The normalized spacial score (nSPS) is 10.6. The highest BCUT2D eigenvalue weighted by Gasteiger charge is 2.17. The van der Waals surface area contributed by atoms with Gasteiger partial charge in [0.05, 0.1) is 12.1 Å². The molecule has 5 nitrogen and oxygen atoms in total. The zero-order valence-corrected chi connectivity index (χ0v) is 11.7. The Bertz CT molecular complexity index is 896. The Morgan fingerprint density at radius 1 is 1.41 bits per heavy atom. The van der Waals surface area contributed by atoms with Crippen molar-refractivity contribution in [1.82, 2.24) is 9.55 Å². The third-order valence-corrected chi connectivity index (χ3v) is 3.42. The van der Waals surface area contributed by atoms with Crippen molar-refractivity contribution in [3.63, 3.8) is 0 Å². The van der Waals surface area contributed by atoms with Crippen LogP contribution in [0.5, 0.6) is 11.5 Å². The minimum Gasteiger partial charge on any atom is -0.454 e. The van der Waals surface area contributed by atoms with E-state index >= 15 is 0 Å². The molecule has 0 amide bonds. The van der Waals surface area contributed by atoms with Gasteiger partial charge in [0.15, 0.2) is 11.6 Å². The van der Waals surface area contributed by atoms with Gasteiger partial charge in [-0.3, -0.25) is 0 Å². The molecule has 0 aliphatic carbocycles. The van der Waals surface area contributed by atoms with Gasteiger partial charge in [-0.25, -0.2) is 9.37 Å². The first-order valence-electron chi connectivity index (χ1n) is 6.55. The number of pyridine rings is 1. The van der Waals surface area contributed by atoms with Gasteiger partial charge in [0.2, 0.25) is 0 Å². The molecule has 0 atom stereocenters. The van der Waals surface area contributed by atoms with E-state index in [9.17, 15) is 9.50 Å².